The molecule has 28 heavy (non-hydrogen) atoms. The fraction of sp³-hybridized carbons (Fsp3) is 0.300. The van der Waals surface area contributed by atoms with E-state index >= 15 is 0 Å². The number of para-hydroxylation sites is 1. The first-order valence-electron chi connectivity index (χ1n) is 8.92. The number of benzene rings is 1. The molecule has 5 nitrogen and oxygen atoms in total. The van der Waals surface area contributed by atoms with Gasteiger partial charge in [-0.05, 0) is 23.8 Å². The summed E-state index contributed by atoms with van der Waals surface area (Å²) in [5, 5.41) is 3.99. The molecule has 0 unspecified atom stereocenters. The van der Waals surface area contributed by atoms with Crippen molar-refractivity contribution in [3.05, 3.63) is 59.9 Å². The van der Waals surface area contributed by atoms with Crippen molar-refractivity contribution >= 4 is 22.6 Å². The van der Waals surface area contributed by atoms with Crippen LogP contribution in [0, 0.1) is 0 Å². The van der Waals surface area contributed by atoms with Crippen LogP contribution in [-0.2, 0) is 24.4 Å². The molecule has 1 aliphatic rings. The quantitative estimate of drug-likeness (QED) is 0.747. The highest BCUT2D eigenvalue weighted by atomic mass is 19.4. The highest BCUT2D eigenvalue weighted by molar-refractivity contribution is 5.89. The minimum Gasteiger partial charge on any atom is -0.352 e. The van der Waals surface area contributed by atoms with Gasteiger partial charge in [-0.25, -0.2) is 4.98 Å². The average molecular weight is 388 g/mol. The van der Waals surface area contributed by atoms with Gasteiger partial charge in [0.05, 0.1) is 18.0 Å². The van der Waals surface area contributed by atoms with Crippen molar-refractivity contribution in [2.45, 2.75) is 18.6 Å². The van der Waals surface area contributed by atoms with Gasteiger partial charge in [-0.2, -0.15) is 13.2 Å². The van der Waals surface area contributed by atoms with Gasteiger partial charge in [-0.15, -0.1) is 0 Å². The van der Waals surface area contributed by atoms with E-state index < -0.39 is 11.7 Å². The number of pyridine rings is 1. The zero-order valence-corrected chi connectivity index (χ0v) is 15.2. The maximum atomic E-state index is 12.8. The number of nitrogens with zero attached hydrogens (tertiary/aromatic N) is 3. The normalized spacial score (nSPS) is 14.9. The van der Waals surface area contributed by atoms with Crippen LogP contribution in [0.1, 0.15) is 11.1 Å². The third-order valence-electron chi connectivity index (χ3n) is 4.97. The summed E-state index contributed by atoms with van der Waals surface area (Å²) in [7, 11) is 1.94. The van der Waals surface area contributed by atoms with Crippen LogP contribution in [0.5, 0.6) is 0 Å². The molecule has 1 aromatic carbocycles. The maximum absolute atomic E-state index is 12.8. The van der Waals surface area contributed by atoms with Gasteiger partial charge in [0.25, 0.3) is 0 Å². The van der Waals surface area contributed by atoms with Crippen LogP contribution < -0.4 is 10.2 Å². The van der Waals surface area contributed by atoms with Crippen LogP contribution in [0.4, 0.5) is 19.0 Å². The molecular formula is C20H19F3N4O. The van der Waals surface area contributed by atoms with Crippen molar-refractivity contribution in [3.63, 3.8) is 0 Å². The Balaban J connectivity index is 1.35. The molecule has 0 aliphatic carbocycles. The Hall–Kier alpha value is -3.03. The molecule has 1 N–H and O–H groups in total. The number of hydrogen-bond acceptors (Lipinski definition) is 3. The summed E-state index contributed by atoms with van der Waals surface area (Å²) in [5.74, 6) is 0.174. The highest BCUT2D eigenvalue weighted by Crippen LogP contribution is 2.31. The molecule has 1 fully saturated rings. The number of rotatable bonds is 4. The first-order valence-corrected chi connectivity index (χ1v) is 8.92. The van der Waals surface area contributed by atoms with Crippen molar-refractivity contribution in [1.29, 1.82) is 0 Å². The van der Waals surface area contributed by atoms with E-state index in [0.717, 1.165) is 34.8 Å². The number of aryl methyl sites for hydroxylation is 1. The van der Waals surface area contributed by atoms with Gasteiger partial charge in [-0.3, -0.25) is 4.79 Å². The number of hydrogen-bond donors (Lipinski definition) is 1. The Morgan fingerprint density at radius 3 is 2.75 bits per heavy atom. The van der Waals surface area contributed by atoms with Gasteiger partial charge < -0.3 is 14.8 Å². The predicted molar refractivity (Wildman–Crippen MR) is 100 cm³/mol. The van der Waals surface area contributed by atoms with Gasteiger partial charge in [0, 0.05) is 43.4 Å². The maximum Gasteiger partial charge on any atom is 0.416 e. The highest BCUT2D eigenvalue weighted by Gasteiger charge is 2.33. The van der Waals surface area contributed by atoms with Gasteiger partial charge in [0.15, 0.2) is 0 Å². The van der Waals surface area contributed by atoms with E-state index in [0.29, 0.717) is 13.1 Å². The Kier molecular flexibility index (Phi) is 4.49. The van der Waals surface area contributed by atoms with Crippen LogP contribution in [0.2, 0.25) is 0 Å². The zero-order valence-electron chi connectivity index (χ0n) is 15.2. The first kappa shape index (κ1) is 18.3. The van der Waals surface area contributed by atoms with E-state index in [1.807, 2.05) is 42.1 Å². The van der Waals surface area contributed by atoms with Crippen LogP contribution in [0.25, 0.3) is 10.9 Å². The van der Waals surface area contributed by atoms with E-state index in [9.17, 15) is 18.0 Å². The van der Waals surface area contributed by atoms with E-state index in [-0.39, 0.29) is 24.2 Å². The molecule has 0 saturated carbocycles. The topological polar surface area (TPSA) is 50.2 Å². The molecule has 146 valence electrons. The number of anilines is 1. The number of amides is 1. The number of fused-ring (bicyclic) bond motifs is 1. The van der Waals surface area contributed by atoms with Crippen molar-refractivity contribution in [1.82, 2.24) is 14.9 Å². The average Bonchev–Trinajstić information content (AvgIpc) is 2.93. The molecule has 0 atom stereocenters. The van der Waals surface area contributed by atoms with Gasteiger partial charge in [-0.1, -0.05) is 18.2 Å². The monoisotopic (exact) mass is 388 g/mol. The summed E-state index contributed by atoms with van der Waals surface area (Å²) < 4.78 is 40.4. The molecular weight excluding hydrogens is 369 g/mol. The van der Waals surface area contributed by atoms with Gasteiger partial charge in [0.1, 0.15) is 5.82 Å². The Bertz CT molecular complexity index is 1020. The molecule has 0 spiro atoms. The molecule has 1 aliphatic heterocycles. The lowest BCUT2D eigenvalue weighted by Crippen LogP contribution is -2.60. The fourth-order valence-corrected chi connectivity index (χ4v) is 3.54. The Morgan fingerprint density at radius 1 is 1.25 bits per heavy atom. The standard InChI is InChI=1S/C20H19F3N4O/c1-26-10-13(16-4-2-3-5-17(16)26)8-19(28)25-15-11-27(12-15)18-9-14(6-7-24-18)20(21,22)23/h2-7,9-10,15H,8,11-12H2,1H3,(H,25,28). The molecule has 1 saturated heterocycles. The summed E-state index contributed by atoms with van der Waals surface area (Å²) in [6, 6.07) is 9.78. The summed E-state index contributed by atoms with van der Waals surface area (Å²) in [6.07, 6.45) is -1.03. The molecule has 8 heteroatoms. The SMILES string of the molecule is Cn1cc(CC(=O)NC2CN(c3cc(C(F)(F)F)ccn3)C2)c2ccccc21. The fourth-order valence-electron chi connectivity index (χ4n) is 3.54. The van der Waals surface area contributed by atoms with Crippen LogP contribution in [-0.4, -0.2) is 34.6 Å². The molecule has 1 amide bonds. The number of aromatic nitrogens is 2. The number of nitrogens with one attached hydrogen (secondary N) is 1. The number of carbonyl (C=O) groups is 1. The van der Waals surface area contributed by atoms with Gasteiger partial charge >= 0.3 is 6.18 Å². The largest absolute Gasteiger partial charge is 0.416 e. The minimum absolute atomic E-state index is 0.0983. The summed E-state index contributed by atoms with van der Waals surface area (Å²) in [6.45, 7) is 0.880. The van der Waals surface area contributed by atoms with E-state index in [2.05, 4.69) is 10.3 Å². The van der Waals surface area contributed by atoms with Crippen molar-refractivity contribution in [3.8, 4) is 0 Å². The molecule has 0 bridgehead atoms. The van der Waals surface area contributed by atoms with Crippen molar-refractivity contribution in [2.24, 2.45) is 7.05 Å². The first-order chi connectivity index (χ1) is 13.3. The lowest BCUT2D eigenvalue weighted by molar-refractivity contribution is -0.137. The van der Waals surface area contributed by atoms with Crippen LogP contribution >= 0.6 is 0 Å². The number of carbonyl (C=O) groups excluding carboxylic acids is 1. The Morgan fingerprint density at radius 2 is 2.00 bits per heavy atom. The molecule has 4 rings (SSSR count). The summed E-state index contributed by atoms with van der Waals surface area (Å²) >= 11 is 0. The number of halogens is 3. The second kappa shape index (κ2) is 6.85. The van der Waals surface area contributed by atoms with Crippen LogP contribution in [0.3, 0.4) is 0 Å². The van der Waals surface area contributed by atoms with Gasteiger partial charge in [0.2, 0.25) is 5.91 Å². The lowest BCUT2D eigenvalue weighted by Gasteiger charge is -2.40. The summed E-state index contributed by atoms with van der Waals surface area (Å²) in [4.78, 5) is 18.1. The third kappa shape index (κ3) is 3.54. The molecule has 3 aromatic rings. The third-order valence-corrected chi connectivity index (χ3v) is 4.97. The molecule has 2 aromatic heterocycles. The Labute approximate surface area is 159 Å². The van der Waals surface area contributed by atoms with Crippen molar-refractivity contribution < 1.29 is 18.0 Å². The molecule has 3 heterocycles. The second-order valence-corrected chi connectivity index (χ2v) is 7.03. The predicted octanol–water partition coefficient (Wildman–Crippen LogP) is 3.14. The van der Waals surface area contributed by atoms with E-state index in [4.69, 9.17) is 0 Å². The lowest BCUT2D eigenvalue weighted by atomic mass is 10.1. The number of alkyl halides is 3. The van der Waals surface area contributed by atoms with Crippen LogP contribution in [0.15, 0.2) is 48.8 Å². The zero-order chi connectivity index (χ0) is 19.9. The van der Waals surface area contributed by atoms with Crippen molar-refractivity contribution in [2.75, 3.05) is 18.0 Å². The summed E-state index contributed by atoms with van der Waals surface area (Å²) in [5.41, 5.74) is 1.29. The smallest absolute Gasteiger partial charge is 0.352 e. The minimum atomic E-state index is -4.39. The second-order valence-electron chi connectivity index (χ2n) is 7.03. The van der Waals surface area contributed by atoms with E-state index in [1.165, 1.54) is 0 Å². The van der Waals surface area contributed by atoms with E-state index in [1.54, 1.807) is 4.90 Å². The molecule has 0 radical (unpaired) electrons.